The molecule has 1 heterocycles. The molecule has 0 bridgehead atoms. The summed E-state index contributed by atoms with van der Waals surface area (Å²) in [5.74, 6) is -1.52. The Morgan fingerprint density at radius 1 is 0.935 bits per heavy atom. The quantitative estimate of drug-likeness (QED) is 0.338. The van der Waals surface area contributed by atoms with Crippen molar-refractivity contribution in [2.75, 3.05) is 6.54 Å². The summed E-state index contributed by atoms with van der Waals surface area (Å²) in [5, 5.41) is 11.5. The molecule has 3 aromatic rings. The smallest absolute Gasteiger partial charge is 0.295 e. The highest BCUT2D eigenvalue weighted by atomic mass is 35.5. The van der Waals surface area contributed by atoms with Crippen LogP contribution in [0.3, 0.4) is 0 Å². The first-order valence-electron chi connectivity index (χ1n) is 10.1. The van der Waals surface area contributed by atoms with Crippen molar-refractivity contribution < 1.29 is 14.7 Å². The van der Waals surface area contributed by atoms with Crippen molar-refractivity contribution in [2.45, 2.75) is 19.4 Å². The van der Waals surface area contributed by atoms with Crippen LogP contribution in [-0.4, -0.2) is 28.2 Å². The van der Waals surface area contributed by atoms with Crippen molar-refractivity contribution in [3.8, 4) is 0 Å². The van der Waals surface area contributed by atoms with Gasteiger partial charge in [-0.15, -0.1) is 0 Å². The zero-order valence-corrected chi connectivity index (χ0v) is 17.8. The number of hydrogen-bond acceptors (Lipinski definition) is 3. The lowest BCUT2D eigenvalue weighted by Crippen LogP contribution is -2.31. The number of aliphatic hydroxyl groups excluding tert-OH is 1. The van der Waals surface area contributed by atoms with Gasteiger partial charge in [-0.25, -0.2) is 0 Å². The van der Waals surface area contributed by atoms with Crippen LogP contribution < -0.4 is 0 Å². The number of ketones is 1. The third kappa shape index (κ3) is 4.12. The number of halogens is 1. The molecule has 5 heteroatoms. The summed E-state index contributed by atoms with van der Waals surface area (Å²) in [6.07, 6.45) is 0.583. The topological polar surface area (TPSA) is 57.6 Å². The molecular formula is C26H22ClNO3. The Kier molecular flexibility index (Phi) is 5.92. The van der Waals surface area contributed by atoms with E-state index in [1.807, 2.05) is 55.5 Å². The molecule has 4 nitrogen and oxygen atoms in total. The molecule has 1 amide bonds. The minimum Gasteiger partial charge on any atom is -0.507 e. The van der Waals surface area contributed by atoms with Crippen LogP contribution in [0.25, 0.3) is 5.76 Å². The number of carbonyl (C=O) groups is 2. The fraction of sp³-hybridized carbons (Fsp3) is 0.154. The molecule has 31 heavy (non-hydrogen) atoms. The summed E-state index contributed by atoms with van der Waals surface area (Å²) < 4.78 is 0. The first-order chi connectivity index (χ1) is 15.0. The van der Waals surface area contributed by atoms with Crippen LogP contribution in [0.5, 0.6) is 0 Å². The van der Waals surface area contributed by atoms with Crippen molar-refractivity contribution >= 4 is 29.1 Å². The van der Waals surface area contributed by atoms with Crippen LogP contribution >= 0.6 is 11.6 Å². The summed E-state index contributed by atoms with van der Waals surface area (Å²) in [6, 6.07) is 23.3. The van der Waals surface area contributed by atoms with Crippen molar-refractivity contribution in [1.29, 1.82) is 0 Å². The molecule has 0 aliphatic carbocycles. The maximum atomic E-state index is 13.1. The molecule has 1 fully saturated rings. The number of carbonyl (C=O) groups excluding carboxylic acids is 2. The molecule has 1 aliphatic heterocycles. The van der Waals surface area contributed by atoms with Gasteiger partial charge in [-0.3, -0.25) is 9.59 Å². The Bertz CT molecular complexity index is 1150. The summed E-state index contributed by atoms with van der Waals surface area (Å²) >= 11 is 6.47. The standard InChI is InChI=1S/C26H22ClNO3/c1-17-11-13-19(14-12-17)24(29)22-23(20-9-5-6-10-21(20)27)28(26(31)25(22)30)16-15-18-7-3-2-4-8-18/h2-14,23,29H,15-16H2,1H3/b24-22+. The largest absolute Gasteiger partial charge is 0.507 e. The summed E-state index contributed by atoms with van der Waals surface area (Å²) in [6.45, 7) is 2.27. The predicted octanol–water partition coefficient (Wildman–Crippen LogP) is 5.31. The molecular weight excluding hydrogens is 410 g/mol. The summed E-state index contributed by atoms with van der Waals surface area (Å²) in [4.78, 5) is 27.6. The van der Waals surface area contributed by atoms with E-state index in [9.17, 15) is 14.7 Å². The number of Topliss-reactive ketones (excluding diaryl/α,β-unsaturated/α-hetero) is 1. The van der Waals surface area contributed by atoms with E-state index in [2.05, 4.69) is 0 Å². The van der Waals surface area contributed by atoms with Gasteiger partial charge in [-0.2, -0.15) is 0 Å². The van der Waals surface area contributed by atoms with Gasteiger partial charge < -0.3 is 10.0 Å². The minimum atomic E-state index is -0.751. The third-order valence-electron chi connectivity index (χ3n) is 5.55. The first kappa shape index (κ1) is 20.9. The van der Waals surface area contributed by atoms with Gasteiger partial charge in [0.1, 0.15) is 5.76 Å². The van der Waals surface area contributed by atoms with Gasteiger partial charge >= 0.3 is 0 Å². The van der Waals surface area contributed by atoms with E-state index >= 15 is 0 Å². The molecule has 0 saturated carbocycles. The van der Waals surface area contributed by atoms with Gasteiger partial charge in [-0.1, -0.05) is 90.0 Å². The van der Waals surface area contributed by atoms with Gasteiger partial charge in [0.05, 0.1) is 11.6 Å². The van der Waals surface area contributed by atoms with Gasteiger partial charge in [0.15, 0.2) is 0 Å². The van der Waals surface area contributed by atoms with E-state index in [0.29, 0.717) is 29.1 Å². The van der Waals surface area contributed by atoms with Crippen LogP contribution in [-0.2, 0) is 16.0 Å². The number of amides is 1. The molecule has 4 rings (SSSR count). The molecule has 1 unspecified atom stereocenters. The molecule has 0 radical (unpaired) electrons. The maximum Gasteiger partial charge on any atom is 0.295 e. The Hall–Kier alpha value is -3.37. The second kappa shape index (κ2) is 8.78. The Morgan fingerprint density at radius 2 is 1.58 bits per heavy atom. The molecule has 156 valence electrons. The van der Waals surface area contributed by atoms with Crippen LogP contribution in [0.15, 0.2) is 84.4 Å². The van der Waals surface area contributed by atoms with Gasteiger partial charge in [0.2, 0.25) is 0 Å². The molecule has 1 N–H and O–H groups in total. The van der Waals surface area contributed by atoms with E-state index in [-0.39, 0.29) is 11.3 Å². The van der Waals surface area contributed by atoms with Gasteiger partial charge in [0, 0.05) is 17.1 Å². The number of aryl methyl sites for hydroxylation is 1. The monoisotopic (exact) mass is 431 g/mol. The van der Waals surface area contributed by atoms with E-state index < -0.39 is 17.7 Å². The van der Waals surface area contributed by atoms with Crippen LogP contribution in [0.1, 0.15) is 28.3 Å². The van der Waals surface area contributed by atoms with Crippen LogP contribution in [0.2, 0.25) is 5.02 Å². The van der Waals surface area contributed by atoms with Gasteiger partial charge in [-0.05, 0) is 30.5 Å². The lowest BCUT2D eigenvalue weighted by Gasteiger charge is -2.26. The molecule has 1 aliphatic rings. The van der Waals surface area contributed by atoms with Crippen molar-refractivity contribution in [1.82, 2.24) is 4.90 Å². The van der Waals surface area contributed by atoms with Crippen molar-refractivity contribution in [3.63, 3.8) is 0 Å². The number of likely N-dealkylation sites (tertiary alicyclic amines) is 1. The highest BCUT2D eigenvalue weighted by molar-refractivity contribution is 6.47. The fourth-order valence-electron chi connectivity index (χ4n) is 3.89. The lowest BCUT2D eigenvalue weighted by atomic mass is 9.95. The Morgan fingerprint density at radius 3 is 2.26 bits per heavy atom. The first-order valence-corrected chi connectivity index (χ1v) is 10.5. The maximum absolute atomic E-state index is 13.1. The third-order valence-corrected chi connectivity index (χ3v) is 5.89. The average molecular weight is 432 g/mol. The Labute approximate surface area is 186 Å². The molecule has 0 aromatic heterocycles. The highest BCUT2D eigenvalue weighted by Gasteiger charge is 2.46. The summed E-state index contributed by atoms with van der Waals surface area (Å²) in [7, 11) is 0. The zero-order valence-electron chi connectivity index (χ0n) is 17.1. The van der Waals surface area contributed by atoms with Crippen molar-refractivity contribution in [3.05, 3.63) is 112 Å². The molecule has 1 saturated heterocycles. The van der Waals surface area contributed by atoms with Crippen molar-refractivity contribution in [2.24, 2.45) is 0 Å². The second-order valence-corrected chi connectivity index (χ2v) is 8.02. The number of nitrogens with zero attached hydrogens (tertiary/aromatic N) is 1. The number of rotatable bonds is 5. The van der Waals surface area contributed by atoms with Crippen LogP contribution in [0, 0.1) is 6.92 Å². The van der Waals surface area contributed by atoms with E-state index in [1.54, 1.807) is 30.3 Å². The SMILES string of the molecule is Cc1ccc(/C(O)=C2\C(=O)C(=O)N(CCc3ccccc3)C2c2ccccc2Cl)cc1. The average Bonchev–Trinajstić information content (AvgIpc) is 3.03. The molecule has 1 atom stereocenters. The molecule has 0 spiro atoms. The highest BCUT2D eigenvalue weighted by Crippen LogP contribution is 2.41. The normalized spacial score (nSPS) is 17.9. The van der Waals surface area contributed by atoms with E-state index in [4.69, 9.17) is 11.6 Å². The number of benzene rings is 3. The minimum absolute atomic E-state index is 0.0648. The van der Waals surface area contributed by atoms with Crippen LogP contribution in [0.4, 0.5) is 0 Å². The number of aliphatic hydroxyl groups is 1. The zero-order chi connectivity index (χ0) is 22.0. The fourth-order valence-corrected chi connectivity index (χ4v) is 4.13. The summed E-state index contributed by atoms with van der Waals surface area (Å²) in [5.41, 5.74) is 3.26. The van der Waals surface area contributed by atoms with Gasteiger partial charge in [0.25, 0.3) is 11.7 Å². The van der Waals surface area contributed by atoms with E-state index in [0.717, 1.165) is 11.1 Å². The predicted molar refractivity (Wildman–Crippen MR) is 122 cm³/mol. The second-order valence-electron chi connectivity index (χ2n) is 7.62. The molecule has 3 aromatic carbocycles. The van der Waals surface area contributed by atoms with E-state index in [1.165, 1.54) is 4.90 Å². The number of hydrogen-bond donors (Lipinski definition) is 1. The lowest BCUT2D eigenvalue weighted by molar-refractivity contribution is -0.139. The Balaban J connectivity index is 1.80.